The number of nitrogens with zero attached hydrogens (tertiary/aromatic N) is 3. The molecule has 6 heteroatoms. The Balaban J connectivity index is 1.31. The van der Waals surface area contributed by atoms with Crippen LogP contribution in [0.2, 0.25) is 0 Å². The minimum absolute atomic E-state index is 0.0718. The van der Waals surface area contributed by atoms with Crippen LogP contribution >= 0.6 is 15.9 Å². The second kappa shape index (κ2) is 11.5. The van der Waals surface area contributed by atoms with E-state index in [1.807, 2.05) is 12.1 Å². The van der Waals surface area contributed by atoms with Gasteiger partial charge in [-0.15, -0.1) is 0 Å². The van der Waals surface area contributed by atoms with E-state index < -0.39 is 0 Å². The molecule has 1 aliphatic heterocycles. The zero-order valence-electron chi connectivity index (χ0n) is 19.7. The van der Waals surface area contributed by atoms with E-state index in [9.17, 15) is 0 Å². The predicted octanol–water partition coefficient (Wildman–Crippen LogP) is 6.97. The molecule has 178 valence electrons. The Kier molecular flexibility index (Phi) is 7.71. The van der Waals surface area contributed by atoms with Crippen molar-refractivity contribution in [2.75, 3.05) is 23.7 Å². The van der Waals surface area contributed by atoms with Gasteiger partial charge < -0.3 is 10.6 Å². The van der Waals surface area contributed by atoms with Gasteiger partial charge in [0, 0.05) is 18.4 Å². The Bertz CT molecular complexity index is 1210. The first kappa shape index (κ1) is 23.5. The first-order valence-corrected chi connectivity index (χ1v) is 13.0. The maximum Gasteiger partial charge on any atom is 0.229 e. The minimum atomic E-state index is 0.0718. The zero-order chi connectivity index (χ0) is 23.9. The topological polar surface area (TPSA) is 53.1 Å². The highest BCUT2D eigenvalue weighted by Gasteiger charge is 2.16. The second-order valence-corrected chi connectivity index (χ2v) is 9.85. The summed E-state index contributed by atoms with van der Waals surface area (Å²) in [5.74, 6) is 1.33. The van der Waals surface area contributed by atoms with Gasteiger partial charge in [-0.3, -0.25) is 4.90 Å². The summed E-state index contributed by atoms with van der Waals surface area (Å²) in [4.78, 5) is 11.8. The fourth-order valence-corrected chi connectivity index (χ4v) is 4.81. The molecule has 1 aromatic heterocycles. The largest absolute Gasteiger partial charge is 0.362 e. The van der Waals surface area contributed by atoms with Crippen molar-refractivity contribution in [2.24, 2.45) is 0 Å². The summed E-state index contributed by atoms with van der Waals surface area (Å²) in [5, 5.41) is 7.00. The first-order chi connectivity index (χ1) is 17.2. The van der Waals surface area contributed by atoms with Crippen LogP contribution in [0.15, 0.2) is 95.6 Å². The minimum Gasteiger partial charge on any atom is -0.362 e. The monoisotopic (exact) mass is 527 g/mol. The Hall–Kier alpha value is -3.22. The molecular weight excluding hydrogens is 498 g/mol. The molecule has 35 heavy (non-hydrogen) atoms. The van der Waals surface area contributed by atoms with E-state index >= 15 is 0 Å². The lowest BCUT2D eigenvalue weighted by Crippen LogP contribution is -2.18. The average molecular weight is 528 g/mol. The third kappa shape index (κ3) is 6.47. The second-order valence-electron chi connectivity index (χ2n) is 8.99. The Morgan fingerprint density at radius 2 is 1.51 bits per heavy atom. The van der Waals surface area contributed by atoms with E-state index in [4.69, 9.17) is 4.98 Å². The Morgan fingerprint density at radius 1 is 0.829 bits per heavy atom. The highest BCUT2D eigenvalue weighted by molar-refractivity contribution is 9.10. The normalized spacial score (nSPS) is 14.5. The smallest absolute Gasteiger partial charge is 0.229 e. The molecule has 1 saturated heterocycles. The van der Waals surface area contributed by atoms with Crippen LogP contribution in [0.1, 0.15) is 35.6 Å². The highest BCUT2D eigenvalue weighted by Crippen LogP contribution is 2.28. The molecule has 5 rings (SSSR count). The summed E-state index contributed by atoms with van der Waals surface area (Å²) in [7, 11) is 0. The van der Waals surface area contributed by atoms with E-state index in [0.717, 1.165) is 28.9 Å². The summed E-state index contributed by atoms with van der Waals surface area (Å²) >= 11 is 3.63. The van der Waals surface area contributed by atoms with Gasteiger partial charge in [-0.2, -0.15) is 4.98 Å². The molecule has 2 heterocycles. The molecule has 1 atom stereocenters. The molecule has 0 spiro atoms. The van der Waals surface area contributed by atoms with Gasteiger partial charge >= 0.3 is 0 Å². The molecule has 1 aliphatic rings. The van der Waals surface area contributed by atoms with Crippen LogP contribution < -0.4 is 10.6 Å². The molecule has 0 radical (unpaired) electrons. The molecule has 1 fully saturated rings. The number of aromatic nitrogens is 2. The molecule has 0 amide bonds. The van der Waals surface area contributed by atoms with Crippen LogP contribution in [-0.4, -0.2) is 28.0 Å². The van der Waals surface area contributed by atoms with Gasteiger partial charge in [-0.1, -0.05) is 72.8 Å². The third-order valence-corrected chi connectivity index (χ3v) is 6.93. The Morgan fingerprint density at radius 3 is 2.23 bits per heavy atom. The summed E-state index contributed by atoms with van der Waals surface area (Å²) in [5.41, 5.74) is 4.80. The van der Waals surface area contributed by atoms with Crippen molar-refractivity contribution >= 4 is 33.4 Å². The average Bonchev–Trinajstić information content (AvgIpc) is 3.41. The van der Waals surface area contributed by atoms with Crippen LogP contribution in [0, 0.1) is 0 Å². The molecule has 0 saturated carbocycles. The summed E-state index contributed by atoms with van der Waals surface area (Å²) in [6, 6.07) is 29.7. The van der Waals surface area contributed by atoms with Crippen molar-refractivity contribution in [2.45, 2.75) is 31.8 Å². The maximum atomic E-state index is 4.79. The lowest BCUT2D eigenvalue weighted by atomic mass is 9.99. The van der Waals surface area contributed by atoms with Gasteiger partial charge in [0.2, 0.25) is 5.95 Å². The standard InChI is InChI=1S/C29H30BrN5/c30-26-20-31-29(32-25-15-13-23(14-16-25)21-35-17-7-8-18-35)34-28(26)33-27(24-11-5-2-6-12-24)19-22-9-3-1-4-10-22/h1-6,9-16,20,27H,7-8,17-19,21H2,(H2,31,32,33,34). The molecule has 3 aromatic carbocycles. The molecular formula is C29H30BrN5. The van der Waals surface area contributed by atoms with Crippen molar-refractivity contribution in [3.63, 3.8) is 0 Å². The van der Waals surface area contributed by atoms with Gasteiger partial charge in [0.1, 0.15) is 5.82 Å². The SMILES string of the molecule is Brc1cnc(Nc2ccc(CN3CCCC3)cc2)nc1NC(Cc1ccccc1)c1ccccc1. The number of hydrogen-bond acceptors (Lipinski definition) is 5. The van der Waals surface area contributed by atoms with Crippen LogP contribution in [0.5, 0.6) is 0 Å². The number of likely N-dealkylation sites (tertiary alicyclic amines) is 1. The van der Waals surface area contributed by atoms with E-state index in [2.05, 4.69) is 109 Å². The summed E-state index contributed by atoms with van der Waals surface area (Å²) < 4.78 is 0.831. The lowest BCUT2D eigenvalue weighted by Gasteiger charge is -2.21. The fraction of sp³-hybridized carbons (Fsp3) is 0.241. The number of anilines is 3. The van der Waals surface area contributed by atoms with Crippen molar-refractivity contribution < 1.29 is 0 Å². The number of rotatable bonds is 9. The van der Waals surface area contributed by atoms with Gasteiger partial charge in [0.25, 0.3) is 0 Å². The molecule has 0 bridgehead atoms. The Labute approximate surface area is 215 Å². The number of hydrogen-bond donors (Lipinski definition) is 2. The van der Waals surface area contributed by atoms with Crippen LogP contribution in [-0.2, 0) is 13.0 Å². The maximum absolute atomic E-state index is 4.79. The van der Waals surface area contributed by atoms with E-state index in [0.29, 0.717) is 5.95 Å². The lowest BCUT2D eigenvalue weighted by molar-refractivity contribution is 0.331. The predicted molar refractivity (Wildman–Crippen MR) is 147 cm³/mol. The van der Waals surface area contributed by atoms with Gasteiger partial charge in [-0.05, 0) is 77.1 Å². The number of halogens is 1. The van der Waals surface area contributed by atoms with E-state index in [1.165, 1.54) is 42.6 Å². The summed E-state index contributed by atoms with van der Waals surface area (Å²) in [6.45, 7) is 3.43. The molecule has 4 aromatic rings. The molecule has 5 nitrogen and oxygen atoms in total. The van der Waals surface area contributed by atoms with Gasteiger partial charge in [0.05, 0.1) is 10.5 Å². The highest BCUT2D eigenvalue weighted by atomic mass is 79.9. The number of nitrogens with one attached hydrogen (secondary N) is 2. The van der Waals surface area contributed by atoms with Crippen molar-refractivity contribution in [1.29, 1.82) is 0 Å². The fourth-order valence-electron chi connectivity index (χ4n) is 4.50. The van der Waals surface area contributed by atoms with Crippen LogP contribution in [0.3, 0.4) is 0 Å². The van der Waals surface area contributed by atoms with E-state index in [1.54, 1.807) is 6.20 Å². The van der Waals surface area contributed by atoms with Crippen LogP contribution in [0.4, 0.5) is 17.5 Å². The quantitative estimate of drug-likeness (QED) is 0.246. The van der Waals surface area contributed by atoms with Gasteiger partial charge in [0.15, 0.2) is 0 Å². The summed E-state index contributed by atoms with van der Waals surface area (Å²) in [6.07, 6.45) is 5.27. The van der Waals surface area contributed by atoms with Crippen molar-refractivity contribution in [1.82, 2.24) is 14.9 Å². The molecule has 2 N–H and O–H groups in total. The third-order valence-electron chi connectivity index (χ3n) is 6.35. The number of benzene rings is 3. The molecule has 1 unspecified atom stereocenters. The molecule has 0 aliphatic carbocycles. The van der Waals surface area contributed by atoms with Crippen molar-refractivity contribution in [3.8, 4) is 0 Å². The van der Waals surface area contributed by atoms with Crippen LogP contribution in [0.25, 0.3) is 0 Å². The van der Waals surface area contributed by atoms with Crippen molar-refractivity contribution in [3.05, 3.63) is 112 Å². The zero-order valence-corrected chi connectivity index (χ0v) is 21.3. The first-order valence-electron chi connectivity index (χ1n) is 12.2. The van der Waals surface area contributed by atoms with Gasteiger partial charge in [-0.25, -0.2) is 4.98 Å². The van der Waals surface area contributed by atoms with E-state index in [-0.39, 0.29) is 6.04 Å².